The van der Waals surface area contributed by atoms with Crippen molar-refractivity contribution in [2.45, 2.75) is 25.3 Å². The first-order chi connectivity index (χ1) is 8.65. The Morgan fingerprint density at radius 1 is 1.56 bits per heavy atom. The van der Waals surface area contributed by atoms with Gasteiger partial charge in [-0.15, -0.1) is 0 Å². The fourth-order valence-corrected chi connectivity index (χ4v) is 2.92. The van der Waals surface area contributed by atoms with Gasteiger partial charge in [-0.2, -0.15) is 9.37 Å². The summed E-state index contributed by atoms with van der Waals surface area (Å²) in [6, 6.07) is 0.347. The van der Waals surface area contributed by atoms with E-state index in [1.807, 2.05) is 0 Å². The minimum absolute atomic E-state index is 0.347. The van der Waals surface area contributed by atoms with Crippen molar-refractivity contribution in [1.82, 2.24) is 9.88 Å². The topological polar surface area (TPSA) is 54.2 Å². The van der Waals surface area contributed by atoms with Gasteiger partial charge < -0.3 is 16.0 Å². The molecular formula is C11H18ClFN4S. The summed E-state index contributed by atoms with van der Waals surface area (Å²) in [6.45, 7) is 3.96. The zero-order valence-corrected chi connectivity index (χ0v) is 11.7. The second-order valence-corrected chi connectivity index (χ2v) is 6.12. The van der Waals surface area contributed by atoms with Crippen LogP contribution < -0.4 is 11.1 Å². The van der Waals surface area contributed by atoms with Crippen LogP contribution in [0, 0.1) is 5.26 Å². The number of anilines is 1. The first-order valence-electron chi connectivity index (χ1n) is 6.19. The number of nitrogens with two attached hydrogens (primary N) is 1. The maximum atomic E-state index is 12.8. The Labute approximate surface area is 115 Å². The number of hydrogen-bond acceptors (Lipinski definition) is 5. The summed E-state index contributed by atoms with van der Waals surface area (Å²) < 4.78 is 13.2. The summed E-state index contributed by atoms with van der Waals surface area (Å²) in [7, 11) is 0. The van der Waals surface area contributed by atoms with Crippen molar-refractivity contribution in [2.24, 2.45) is 5.73 Å². The highest BCUT2D eigenvalue weighted by Gasteiger charge is 2.17. The van der Waals surface area contributed by atoms with Crippen LogP contribution in [0.1, 0.15) is 19.3 Å². The molecule has 1 saturated heterocycles. The quantitative estimate of drug-likeness (QED) is 0.789. The van der Waals surface area contributed by atoms with Gasteiger partial charge in [0.05, 0.1) is 0 Å². The number of likely N-dealkylation sites (tertiary alicyclic amines) is 1. The number of halogens is 2. The van der Waals surface area contributed by atoms with Gasteiger partial charge in [-0.3, -0.25) is 0 Å². The van der Waals surface area contributed by atoms with Crippen LogP contribution in [0.15, 0.2) is 0 Å². The van der Waals surface area contributed by atoms with Crippen LogP contribution in [0.2, 0.25) is 4.34 Å². The summed E-state index contributed by atoms with van der Waals surface area (Å²) >= 11 is 6.67. The minimum Gasteiger partial charge on any atom is -0.368 e. The monoisotopic (exact) mass is 292 g/mol. The van der Waals surface area contributed by atoms with Crippen molar-refractivity contribution in [2.75, 3.05) is 31.5 Å². The molecule has 102 valence electrons. The molecule has 0 unspecified atom stereocenters. The number of unbranched alkanes of at least 4 members (excludes halogenated alkanes) is 1. The molecule has 0 bridgehead atoms. The molecule has 2 heterocycles. The number of nitrogens with zero attached hydrogens (tertiary/aromatic N) is 2. The normalized spacial score (nSPS) is 20.5. The lowest BCUT2D eigenvalue weighted by Gasteiger charge is -2.14. The van der Waals surface area contributed by atoms with Crippen molar-refractivity contribution in [1.29, 1.82) is 0 Å². The molecule has 4 nitrogen and oxygen atoms in total. The van der Waals surface area contributed by atoms with Gasteiger partial charge in [0.15, 0.2) is 5.82 Å². The lowest BCUT2D eigenvalue weighted by Crippen LogP contribution is -2.27. The summed E-state index contributed by atoms with van der Waals surface area (Å²) in [5, 5.41) is 2.56. The van der Waals surface area contributed by atoms with Gasteiger partial charge in [-0.05, 0) is 32.4 Å². The van der Waals surface area contributed by atoms with Crippen molar-refractivity contribution >= 4 is 28.8 Å². The fourth-order valence-electron chi connectivity index (χ4n) is 2.12. The summed E-state index contributed by atoms with van der Waals surface area (Å²) in [5.74, 6) is 0.461. The van der Waals surface area contributed by atoms with Gasteiger partial charge in [0.25, 0.3) is 5.26 Å². The number of aromatic nitrogens is 1. The average Bonchev–Trinajstić information content (AvgIpc) is 2.85. The molecule has 0 saturated carbocycles. The Morgan fingerprint density at radius 3 is 3.00 bits per heavy atom. The highest BCUT2D eigenvalue weighted by atomic mass is 35.5. The van der Waals surface area contributed by atoms with E-state index < -0.39 is 5.26 Å². The Hall–Kier alpha value is -0.430. The molecule has 2 rings (SSSR count). The molecule has 7 heteroatoms. The van der Waals surface area contributed by atoms with Crippen LogP contribution in [0.4, 0.5) is 10.2 Å². The van der Waals surface area contributed by atoms with E-state index in [9.17, 15) is 4.39 Å². The highest BCUT2D eigenvalue weighted by molar-refractivity contribution is 7.15. The van der Waals surface area contributed by atoms with Crippen molar-refractivity contribution in [3.8, 4) is 0 Å². The molecule has 1 aliphatic rings. The molecule has 0 spiro atoms. The van der Waals surface area contributed by atoms with Gasteiger partial charge in [-0.25, -0.2) is 0 Å². The summed E-state index contributed by atoms with van der Waals surface area (Å²) in [5.41, 5.74) is 5.84. The van der Waals surface area contributed by atoms with Crippen LogP contribution in [0.3, 0.4) is 0 Å². The van der Waals surface area contributed by atoms with Crippen molar-refractivity contribution < 1.29 is 4.39 Å². The highest BCUT2D eigenvalue weighted by Crippen LogP contribution is 2.27. The number of hydrogen-bond donors (Lipinski definition) is 2. The Bertz CT molecular complexity index is 387. The SMILES string of the molecule is N[C@H]1CCN(CCCCNc2nc(F)sc2Cl)C1. The first-order valence-corrected chi connectivity index (χ1v) is 7.38. The summed E-state index contributed by atoms with van der Waals surface area (Å²) in [4.78, 5) is 6.07. The zero-order valence-electron chi connectivity index (χ0n) is 10.2. The predicted octanol–water partition coefficient (Wildman–Crippen LogP) is 2.16. The van der Waals surface area contributed by atoms with E-state index >= 15 is 0 Å². The van der Waals surface area contributed by atoms with E-state index in [0.717, 1.165) is 56.8 Å². The fraction of sp³-hybridized carbons (Fsp3) is 0.727. The largest absolute Gasteiger partial charge is 0.368 e. The zero-order chi connectivity index (χ0) is 13.0. The van der Waals surface area contributed by atoms with Gasteiger partial charge >= 0.3 is 0 Å². The molecule has 1 aromatic heterocycles. The van der Waals surface area contributed by atoms with Gasteiger partial charge in [0.2, 0.25) is 0 Å². The Balaban J connectivity index is 1.57. The van der Waals surface area contributed by atoms with Gasteiger partial charge in [0, 0.05) is 19.1 Å². The number of thiazole rings is 1. The second-order valence-electron chi connectivity index (χ2n) is 4.57. The second kappa shape index (κ2) is 6.65. The van der Waals surface area contributed by atoms with Crippen molar-refractivity contribution in [3.63, 3.8) is 0 Å². The van der Waals surface area contributed by atoms with E-state index in [0.29, 0.717) is 16.2 Å². The van der Waals surface area contributed by atoms with E-state index in [-0.39, 0.29) is 0 Å². The first kappa shape index (κ1) is 14.0. The molecule has 1 aromatic rings. The molecule has 3 N–H and O–H groups in total. The van der Waals surface area contributed by atoms with Crippen LogP contribution in [-0.2, 0) is 0 Å². The third-order valence-corrected chi connectivity index (χ3v) is 4.10. The number of rotatable bonds is 6. The standard InChI is InChI=1S/C11H18ClFN4S/c12-9-10(16-11(13)18-9)15-4-1-2-5-17-6-3-8(14)7-17/h8,15H,1-7,14H2/t8-/m0/s1. The number of nitrogens with one attached hydrogen (secondary N) is 1. The van der Waals surface area contributed by atoms with Gasteiger partial charge in [-0.1, -0.05) is 22.9 Å². The summed E-state index contributed by atoms with van der Waals surface area (Å²) in [6.07, 6.45) is 3.22. The maximum Gasteiger partial charge on any atom is 0.272 e. The Morgan fingerprint density at radius 2 is 2.39 bits per heavy atom. The van der Waals surface area contributed by atoms with Crippen LogP contribution in [0.25, 0.3) is 0 Å². The van der Waals surface area contributed by atoms with Crippen LogP contribution in [-0.4, -0.2) is 42.1 Å². The molecular weight excluding hydrogens is 275 g/mol. The molecule has 0 radical (unpaired) electrons. The lowest BCUT2D eigenvalue weighted by atomic mass is 10.3. The molecule has 1 atom stereocenters. The molecule has 0 aromatic carbocycles. The lowest BCUT2D eigenvalue weighted by molar-refractivity contribution is 0.327. The predicted molar refractivity (Wildman–Crippen MR) is 73.8 cm³/mol. The average molecular weight is 293 g/mol. The van der Waals surface area contributed by atoms with E-state index in [4.69, 9.17) is 17.3 Å². The van der Waals surface area contributed by atoms with Gasteiger partial charge in [0.1, 0.15) is 4.34 Å². The molecule has 1 fully saturated rings. The van der Waals surface area contributed by atoms with Crippen LogP contribution >= 0.6 is 22.9 Å². The van der Waals surface area contributed by atoms with E-state index in [2.05, 4.69) is 15.2 Å². The Kier molecular flexibility index (Phi) is 5.17. The van der Waals surface area contributed by atoms with E-state index in [1.54, 1.807) is 0 Å². The van der Waals surface area contributed by atoms with Crippen molar-refractivity contribution in [3.05, 3.63) is 9.60 Å². The molecule has 0 amide bonds. The minimum atomic E-state index is -0.492. The third kappa shape index (κ3) is 4.05. The van der Waals surface area contributed by atoms with Crippen LogP contribution in [0.5, 0.6) is 0 Å². The smallest absolute Gasteiger partial charge is 0.272 e. The molecule has 0 aliphatic carbocycles. The molecule has 1 aliphatic heterocycles. The molecule has 18 heavy (non-hydrogen) atoms. The third-order valence-electron chi connectivity index (χ3n) is 3.06. The maximum absolute atomic E-state index is 12.8. The van der Waals surface area contributed by atoms with E-state index in [1.165, 1.54) is 0 Å².